The first-order chi connectivity index (χ1) is 11.4. The number of amides is 2. The zero-order valence-electron chi connectivity index (χ0n) is 14.4. The highest BCUT2D eigenvalue weighted by Crippen LogP contribution is 2.16. The van der Waals surface area contributed by atoms with Crippen LogP contribution in [0.2, 0.25) is 0 Å². The molecule has 0 saturated heterocycles. The highest BCUT2D eigenvalue weighted by molar-refractivity contribution is 7.99. The van der Waals surface area contributed by atoms with Crippen LogP contribution in [-0.2, 0) is 9.59 Å². The van der Waals surface area contributed by atoms with Crippen molar-refractivity contribution in [3.8, 4) is 0 Å². The molecule has 2 rings (SSSR count). The smallest absolute Gasteiger partial charge is 0.253 e. The molecule has 130 valence electrons. The largest absolute Gasteiger partial charge is 0.355 e. The number of fused-ring (bicyclic) bond motifs is 1. The van der Waals surface area contributed by atoms with Gasteiger partial charge in [-0.15, -0.1) is 5.10 Å². The van der Waals surface area contributed by atoms with Gasteiger partial charge in [-0.25, -0.2) is 9.50 Å². The van der Waals surface area contributed by atoms with Crippen LogP contribution in [0.15, 0.2) is 11.2 Å². The monoisotopic (exact) mass is 350 g/mol. The molecule has 0 fully saturated rings. The summed E-state index contributed by atoms with van der Waals surface area (Å²) < 4.78 is 1.66. The van der Waals surface area contributed by atoms with Gasteiger partial charge in [0.2, 0.25) is 17.0 Å². The normalized spacial score (nSPS) is 10.8. The van der Waals surface area contributed by atoms with Crippen molar-refractivity contribution in [2.75, 3.05) is 25.4 Å². The number of carbonyl (C=O) groups is 2. The van der Waals surface area contributed by atoms with Crippen molar-refractivity contribution in [1.82, 2.24) is 29.8 Å². The predicted octanol–water partition coefficient (Wildman–Crippen LogP) is 0.818. The van der Waals surface area contributed by atoms with Gasteiger partial charge in [-0.3, -0.25) is 9.59 Å². The zero-order chi connectivity index (χ0) is 17.7. The lowest BCUT2D eigenvalue weighted by Crippen LogP contribution is -2.41. The number of hydrogen-bond donors (Lipinski definition) is 1. The summed E-state index contributed by atoms with van der Waals surface area (Å²) >= 11 is 1.25. The van der Waals surface area contributed by atoms with E-state index in [-0.39, 0.29) is 24.1 Å². The van der Waals surface area contributed by atoms with Crippen LogP contribution in [-0.4, -0.2) is 61.7 Å². The number of nitrogens with one attached hydrogen (secondary N) is 1. The Balaban J connectivity index is 2.00. The van der Waals surface area contributed by atoms with Gasteiger partial charge in [-0.2, -0.15) is 4.98 Å². The van der Waals surface area contributed by atoms with Crippen LogP contribution in [0.1, 0.15) is 25.2 Å². The Kier molecular flexibility index (Phi) is 6.13. The first kappa shape index (κ1) is 18.2. The van der Waals surface area contributed by atoms with Crippen LogP contribution in [0, 0.1) is 13.8 Å². The van der Waals surface area contributed by atoms with Gasteiger partial charge in [0.25, 0.3) is 5.78 Å². The highest BCUT2D eigenvalue weighted by atomic mass is 32.2. The minimum Gasteiger partial charge on any atom is -0.355 e. The van der Waals surface area contributed by atoms with Crippen LogP contribution < -0.4 is 5.32 Å². The summed E-state index contributed by atoms with van der Waals surface area (Å²) in [7, 11) is 0. The van der Waals surface area contributed by atoms with E-state index in [2.05, 4.69) is 20.4 Å². The van der Waals surface area contributed by atoms with Gasteiger partial charge in [-0.1, -0.05) is 11.8 Å². The molecule has 2 aromatic rings. The topological polar surface area (TPSA) is 92.5 Å². The van der Waals surface area contributed by atoms with Gasteiger partial charge in [-0.05, 0) is 33.8 Å². The number of likely N-dealkylation sites (N-methyl/N-ethyl adjacent to an activating group) is 2. The first-order valence-corrected chi connectivity index (χ1v) is 8.81. The van der Waals surface area contributed by atoms with E-state index < -0.39 is 0 Å². The molecule has 0 atom stereocenters. The summed E-state index contributed by atoms with van der Waals surface area (Å²) in [5, 5.41) is 7.55. The maximum atomic E-state index is 12.3. The molecular formula is C15H22N6O2S. The van der Waals surface area contributed by atoms with E-state index in [1.54, 1.807) is 4.52 Å². The number of hydrogen-bond acceptors (Lipinski definition) is 6. The molecule has 24 heavy (non-hydrogen) atoms. The molecule has 1 N–H and O–H groups in total. The zero-order valence-corrected chi connectivity index (χ0v) is 15.2. The Morgan fingerprint density at radius 2 is 2.04 bits per heavy atom. The first-order valence-electron chi connectivity index (χ1n) is 7.82. The predicted molar refractivity (Wildman–Crippen MR) is 91.9 cm³/mol. The van der Waals surface area contributed by atoms with Gasteiger partial charge < -0.3 is 10.2 Å². The summed E-state index contributed by atoms with van der Waals surface area (Å²) in [5.41, 5.74) is 1.81. The van der Waals surface area contributed by atoms with Crippen LogP contribution in [0.4, 0.5) is 0 Å². The minimum absolute atomic E-state index is 0.0716. The molecule has 9 heteroatoms. The number of nitrogens with zero attached hydrogens (tertiary/aromatic N) is 5. The van der Waals surface area contributed by atoms with Crippen molar-refractivity contribution in [2.24, 2.45) is 0 Å². The summed E-state index contributed by atoms with van der Waals surface area (Å²) in [6.07, 6.45) is 0. The van der Waals surface area contributed by atoms with Crippen LogP contribution in [0.5, 0.6) is 0 Å². The van der Waals surface area contributed by atoms with E-state index in [0.717, 1.165) is 11.4 Å². The molecule has 0 spiro atoms. The summed E-state index contributed by atoms with van der Waals surface area (Å²) in [5.74, 6) is 0.437. The van der Waals surface area contributed by atoms with Gasteiger partial charge in [0.1, 0.15) is 0 Å². The Morgan fingerprint density at radius 1 is 1.29 bits per heavy atom. The van der Waals surface area contributed by atoms with Crippen molar-refractivity contribution in [3.05, 3.63) is 17.5 Å². The van der Waals surface area contributed by atoms with E-state index in [9.17, 15) is 9.59 Å². The lowest BCUT2D eigenvalue weighted by molar-refractivity contribution is -0.133. The Labute approximate surface area is 145 Å². The highest BCUT2D eigenvalue weighted by Gasteiger charge is 2.17. The van der Waals surface area contributed by atoms with Crippen molar-refractivity contribution >= 4 is 29.4 Å². The molecule has 0 aliphatic rings. The second-order valence-corrected chi connectivity index (χ2v) is 6.24. The lowest BCUT2D eigenvalue weighted by Gasteiger charge is -2.19. The molecule has 2 amide bonds. The van der Waals surface area contributed by atoms with Crippen molar-refractivity contribution < 1.29 is 9.59 Å². The molecule has 8 nitrogen and oxygen atoms in total. The van der Waals surface area contributed by atoms with Crippen molar-refractivity contribution in [2.45, 2.75) is 32.9 Å². The molecule has 0 aromatic carbocycles. The standard InChI is InChI=1S/C15H22N6O2S/c1-5-16-12(22)8-20(6-2)13(23)9-24-15-18-14-17-10(3)7-11(4)21(14)19-15/h7H,5-6,8-9H2,1-4H3,(H,16,22). The average Bonchev–Trinajstić information content (AvgIpc) is 2.93. The van der Waals surface area contributed by atoms with Crippen molar-refractivity contribution in [1.29, 1.82) is 0 Å². The second-order valence-electron chi connectivity index (χ2n) is 5.30. The van der Waals surface area contributed by atoms with Crippen LogP contribution >= 0.6 is 11.8 Å². The third-order valence-corrected chi connectivity index (χ3v) is 4.19. The molecule has 0 saturated carbocycles. The minimum atomic E-state index is -0.154. The van der Waals surface area contributed by atoms with E-state index >= 15 is 0 Å². The van der Waals surface area contributed by atoms with Gasteiger partial charge in [0, 0.05) is 24.5 Å². The van der Waals surface area contributed by atoms with Gasteiger partial charge >= 0.3 is 0 Å². The molecule has 0 radical (unpaired) electrons. The Morgan fingerprint density at radius 3 is 2.71 bits per heavy atom. The Hall–Kier alpha value is -2.16. The van der Waals surface area contributed by atoms with E-state index in [1.165, 1.54) is 16.7 Å². The summed E-state index contributed by atoms with van der Waals surface area (Å²) in [6.45, 7) is 8.63. The van der Waals surface area contributed by atoms with Gasteiger partial charge in [0.15, 0.2) is 0 Å². The number of thioether (sulfide) groups is 1. The molecule has 2 aromatic heterocycles. The quantitative estimate of drug-likeness (QED) is 0.743. The molecule has 0 unspecified atom stereocenters. The van der Waals surface area contributed by atoms with E-state index in [1.807, 2.05) is 33.8 Å². The summed E-state index contributed by atoms with van der Waals surface area (Å²) in [6, 6.07) is 1.92. The van der Waals surface area contributed by atoms with Crippen LogP contribution in [0.25, 0.3) is 5.78 Å². The molecule has 0 aliphatic heterocycles. The maximum absolute atomic E-state index is 12.3. The molecular weight excluding hydrogens is 328 g/mol. The van der Waals surface area contributed by atoms with E-state index in [0.29, 0.717) is 24.0 Å². The fourth-order valence-electron chi connectivity index (χ4n) is 2.23. The average molecular weight is 350 g/mol. The molecule has 0 bridgehead atoms. The number of rotatable bonds is 7. The number of aromatic nitrogens is 4. The SMILES string of the molecule is CCNC(=O)CN(CC)C(=O)CSc1nc2nc(C)cc(C)n2n1. The van der Waals surface area contributed by atoms with Crippen molar-refractivity contribution in [3.63, 3.8) is 0 Å². The molecule has 2 heterocycles. The maximum Gasteiger partial charge on any atom is 0.253 e. The summed E-state index contributed by atoms with van der Waals surface area (Å²) in [4.78, 5) is 34.1. The number of aryl methyl sites for hydroxylation is 2. The Bertz CT molecular complexity index is 745. The number of carbonyl (C=O) groups excluding carboxylic acids is 2. The fraction of sp³-hybridized carbons (Fsp3) is 0.533. The molecule has 0 aliphatic carbocycles. The lowest BCUT2D eigenvalue weighted by atomic mass is 10.4. The fourth-order valence-corrected chi connectivity index (χ4v) is 2.95. The third-order valence-electron chi connectivity index (χ3n) is 3.37. The van der Waals surface area contributed by atoms with E-state index in [4.69, 9.17) is 0 Å². The third kappa shape index (κ3) is 4.44. The second kappa shape index (κ2) is 8.09. The van der Waals surface area contributed by atoms with Gasteiger partial charge in [0.05, 0.1) is 12.3 Å². The van der Waals surface area contributed by atoms with Crippen LogP contribution in [0.3, 0.4) is 0 Å².